The van der Waals surface area contributed by atoms with Gasteiger partial charge >= 0.3 is 5.97 Å². The molecule has 0 fully saturated rings. The van der Waals surface area contributed by atoms with Crippen molar-refractivity contribution in [2.45, 2.75) is 34.1 Å². The van der Waals surface area contributed by atoms with Crippen molar-refractivity contribution in [3.05, 3.63) is 5.57 Å². The molecule has 0 aliphatic rings. The molecule has 0 heterocycles. The summed E-state index contributed by atoms with van der Waals surface area (Å²) in [6.45, 7) is 7.34. The monoisotopic (exact) mass is 225 g/mol. The van der Waals surface area contributed by atoms with Crippen LogP contribution in [0.4, 0.5) is 0 Å². The molecule has 0 aliphatic carbocycles. The Morgan fingerprint density at radius 1 is 1.25 bits per heavy atom. The fraction of sp³-hybridized carbons (Fsp3) is 0.667. The number of hydrogen-bond donors (Lipinski definition) is 0. The Morgan fingerprint density at radius 2 is 1.75 bits per heavy atom. The molecule has 90 valence electrons. The number of nitrogens with zero attached hydrogens (tertiary/aromatic N) is 1. The lowest BCUT2D eigenvalue weighted by Crippen LogP contribution is -2.07. The van der Waals surface area contributed by atoms with E-state index in [0.717, 1.165) is 0 Å². The first-order valence-corrected chi connectivity index (χ1v) is 5.09. The van der Waals surface area contributed by atoms with Crippen LogP contribution in [0.15, 0.2) is 5.57 Å². The molecule has 0 unspecified atom stereocenters. The van der Waals surface area contributed by atoms with Gasteiger partial charge in [-0.1, -0.05) is 27.7 Å². The number of carbonyl (C=O) groups is 1. The zero-order valence-corrected chi connectivity index (χ0v) is 10.5. The van der Waals surface area contributed by atoms with Crippen LogP contribution in [-0.2, 0) is 14.3 Å². The van der Waals surface area contributed by atoms with Crippen LogP contribution < -0.4 is 0 Å². The van der Waals surface area contributed by atoms with Gasteiger partial charge in [-0.2, -0.15) is 5.26 Å². The second kappa shape index (κ2) is 9.95. The largest absolute Gasteiger partial charge is 0.469 e. The third kappa shape index (κ3) is 8.98. The Balaban J connectivity index is 0. The molecule has 0 amide bonds. The maximum atomic E-state index is 10.3. The third-order valence-electron chi connectivity index (χ3n) is 1.77. The van der Waals surface area contributed by atoms with Crippen molar-refractivity contribution >= 4 is 11.9 Å². The second-order valence-electron chi connectivity index (χ2n) is 3.79. The summed E-state index contributed by atoms with van der Waals surface area (Å²) in [7, 11) is 1.39. The summed E-state index contributed by atoms with van der Waals surface area (Å²) < 4.78 is 4.37. The summed E-state index contributed by atoms with van der Waals surface area (Å²) in [5, 5.41) is 8.17. The lowest BCUT2D eigenvalue weighted by atomic mass is 10.0. The van der Waals surface area contributed by atoms with Gasteiger partial charge in [0.2, 0.25) is 0 Å². The molecule has 0 spiro atoms. The minimum Gasteiger partial charge on any atom is -0.469 e. The topological polar surface area (TPSA) is 67.2 Å². The van der Waals surface area contributed by atoms with Crippen molar-refractivity contribution in [1.29, 1.82) is 5.26 Å². The van der Waals surface area contributed by atoms with Gasteiger partial charge in [0.05, 0.1) is 25.5 Å². The van der Waals surface area contributed by atoms with Crippen LogP contribution in [0.2, 0.25) is 0 Å². The molecule has 4 nitrogen and oxygen atoms in total. The van der Waals surface area contributed by atoms with Crippen molar-refractivity contribution in [1.82, 2.24) is 0 Å². The summed E-state index contributed by atoms with van der Waals surface area (Å²) in [6, 6.07) is 1.90. The maximum absolute atomic E-state index is 10.3. The molecule has 0 aliphatic heterocycles. The number of allylic oxidation sites excluding steroid dienone is 1. The number of nitriles is 1. The molecule has 16 heavy (non-hydrogen) atoms. The van der Waals surface area contributed by atoms with Crippen LogP contribution in [-0.4, -0.2) is 19.0 Å². The number of esters is 1. The number of methoxy groups -OCH3 is 1. The minimum atomic E-state index is -0.153. The Kier molecular flexibility index (Phi) is 10.5. The van der Waals surface area contributed by atoms with E-state index in [9.17, 15) is 9.59 Å². The van der Waals surface area contributed by atoms with Gasteiger partial charge in [-0.25, -0.2) is 4.79 Å². The first-order chi connectivity index (χ1) is 7.40. The van der Waals surface area contributed by atoms with Gasteiger partial charge in [0.25, 0.3) is 0 Å². The van der Waals surface area contributed by atoms with Crippen LogP contribution in [0, 0.1) is 23.2 Å². The van der Waals surface area contributed by atoms with E-state index in [2.05, 4.69) is 4.74 Å². The molecule has 0 rings (SSSR count). The van der Waals surface area contributed by atoms with Crippen LogP contribution in [0.3, 0.4) is 0 Å². The van der Waals surface area contributed by atoms with Crippen molar-refractivity contribution in [2.75, 3.05) is 7.11 Å². The molecule has 0 aromatic rings. The molecule has 0 bridgehead atoms. The van der Waals surface area contributed by atoms with E-state index >= 15 is 0 Å². The van der Waals surface area contributed by atoms with E-state index in [1.54, 1.807) is 19.8 Å². The van der Waals surface area contributed by atoms with E-state index in [1.165, 1.54) is 7.11 Å². The van der Waals surface area contributed by atoms with E-state index in [4.69, 9.17) is 5.26 Å². The molecule has 0 aromatic carbocycles. The molecular formula is C12H19NO3. The fourth-order valence-electron chi connectivity index (χ4n) is 0.679. The Hall–Kier alpha value is -1.59. The summed E-state index contributed by atoms with van der Waals surface area (Å²) in [4.78, 5) is 20.3. The van der Waals surface area contributed by atoms with Crippen LogP contribution in [0.25, 0.3) is 0 Å². The quantitative estimate of drug-likeness (QED) is 0.545. The van der Waals surface area contributed by atoms with Gasteiger partial charge in [-0.3, -0.25) is 4.79 Å². The highest BCUT2D eigenvalue weighted by molar-refractivity contribution is 5.71. The second-order valence-corrected chi connectivity index (χ2v) is 3.79. The zero-order valence-electron chi connectivity index (χ0n) is 10.5. The molecule has 0 saturated heterocycles. The number of rotatable bonds is 3. The van der Waals surface area contributed by atoms with Crippen molar-refractivity contribution < 1.29 is 14.3 Å². The summed E-state index contributed by atoms with van der Waals surface area (Å²) in [6.07, 6.45) is 0.209. The zero-order chi connectivity index (χ0) is 13.1. The van der Waals surface area contributed by atoms with Crippen LogP contribution >= 0.6 is 0 Å². The van der Waals surface area contributed by atoms with Gasteiger partial charge in [0.15, 0.2) is 0 Å². The van der Waals surface area contributed by atoms with E-state index in [0.29, 0.717) is 5.57 Å². The van der Waals surface area contributed by atoms with Crippen molar-refractivity contribution in [3.63, 3.8) is 0 Å². The van der Waals surface area contributed by atoms with Gasteiger partial charge < -0.3 is 4.74 Å². The Labute approximate surface area is 96.9 Å². The highest BCUT2D eigenvalue weighted by atomic mass is 16.5. The van der Waals surface area contributed by atoms with Gasteiger partial charge in [-0.15, -0.1) is 0 Å². The summed E-state index contributed by atoms with van der Waals surface area (Å²) >= 11 is 0. The SMILES string of the molecule is CC(C)C(=C=O)CC#N.COC(=O)C(C)C. The molecule has 0 N–H and O–H groups in total. The third-order valence-corrected chi connectivity index (χ3v) is 1.77. The van der Waals surface area contributed by atoms with Crippen LogP contribution in [0.1, 0.15) is 34.1 Å². The standard InChI is InChI=1S/C7H9NO.C5H10O2/c1-6(2)7(5-9)3-4-8;1-4(2)5(6)7-3/h6H,3H2,1-2H3;4H,1-3H3. The lowest BCUT2D eigenvalue weighted by Gasteiger charge is -1.98. The molecule has 0 saturated carbocycles. The maximum Gasteiger partial charge on any atom is 0.308 e. The Morgan fingerprint density at radius 3 is 1.81 bits per heavy atom. The van der Waals surface area contributed by atoms with Gasteiger partial charge in [-0.05, 0) is 5.92 Å². The first-order valence-electron chi connectivity index (χ1n) is 5.09. The van der Waals surface area contributed by atoms with E-state index < -0.39 is 0 Å². The molecule has 0 atom stereocenters. The minimum absolute atomic E-state index is 0.00463. The molecule has 4 heteroatoms. The van der Waals surface area contributed by atoms with E-state index in [-0.39, 0.29) is 24.2 Å². The van der Waals surface area contributed by atoms with E-state index in [1.807, 2.05) is 19.9 Å². The highest BCUT2D eigenvalue weighted by Crippen LogP contribution is 2.08. The average molecular weight is 225 g/mol. The normalized spacial score (nSPS) is 8.62. The fourth-order valence-corrected chi connectivity index (χ4v) is 0.679. The average Bonchev–Trinajstić information content (AvgIpc) is 2.24. The summed E-state index contributed by atoms with van der Waals surface area (Å²) in [5.41, 5.74) is 0.553. The molecule has 0 radical (unpaired) electrons. The predicted molar refractivity (Wildman–Crippen MR) is 61.1 cm³/mol. The molecule has 0 aromatic heterocycles. The predicted octanol–water partition coefficient (Wildman–Crippen LogP) is 2.13. The summed E-state index contributed by atoms with van der Waals surface area (Å²) in [5.74, 6) is 1.75. The smallest absolute Gasteiger partial charge is 0.308 e. The number of carbonyl (C=O) groups excluding carboxylic acids is 2. The van der Waals surface area contributed by atoms with Gasteiger partial charge in [0.1, 0.15) is 5.94 Å². The van der Waals surface area contributed by atoms with Crippen molar-refractivity contribution in [3.8, 4) is 6.07 Å². The highest BCUT2D eigenvalue weighted by Gasteiger charge is 2.03. The molecular weight excluding hydrogens is 206 g/mol. The lowest BCUT2D eigenvalue weighted by molar-refractivity contribution is -0.144. The van der Waals surface area contributed by atoms with Crippen LogP contribution in [0.5, 0.6) is 0 Å². The van der Waals surface area contributed by atoms with Crippen molar-refractivity contribution in [2.24, 2.45) is 11.8 Å². The number of hydrogen-bond acceptors (Lipinski definition) is 4. The van der Waals surface area contributed by atoms with Gasteiger partial charge in [0, 0.05) is 5.57 Å². The Bertz CT molecular complexity index is 294. The number of ether oxygens (including phenoxy) is 1. The first kappa shape index (κ1) is 16.8.